The van der Waals surface area contributed by atoms with E-state index in [9.17, 15) is 19.1 Å². The fraction of sp³-hybridized carbons (Fsp3) is 0.207. The topological polar surface area (TPSA) is 82.5 Å². The second kappa shape index (κ2) is 8.75. The minimum Gasteiger partial charge on any atom is -0.508 e. The van der Waals surface area contributed by atoms with E-state index < -0.39 is 17.4 Å². The van der Waals surface area contributed by atoms with E-state index in [1.807, 2.05) is 51.1 Å². The van der Waals surface area contributed by atoms with Crippen LogP contribution >= 0.6 is 0 Å². The molecule has 6 nitrogen and oxygen atoms in total. The number of hydrogen-bond donors (Lipinski definition) is 2. The van der Waals surface area contributed by atoms with Crippen LogP contribution in [-0.4, -0.2) is 32.3 Å². The molecule has 5 rings (SSSR count). The molecule has 0 saturated heterocycles. The van der Waals surface area contributed by atoms with Crippen molar-refractivity contribution >= 4 is 22.7 Å². The SMILES string of the molecule is CC(C)(C)NC(=O)C(c1ccc(F)cc1)N1Cc2nc3ccc(O)cc3c(-c3ccccc3)c2C1=O. The molecule has 182 valence electrons. The molecular formula is C29H26FN3O3. The average Bonchev–Trinajstić information content (AvgIpc) is 3.14. The number of rotatable bonds is 4. The van der Waals surface area contributed by atoms with Gasteiger partial charge in [0.1, 0.15) is 17.6 Å². The molecule has 0 aliphatic carbocycles. The van der Waals surface area contributed by atoms with Crippen LogP contribution in [0.1, 0.15) is 48.4 Å². The Morgan fingerprint density at radius 2 is 1.72 bits per heavy atom. The maximum atomic E-state index is 14.0. The van der Waals surface area contributed by atoms with Gasteiger partial charge in [-0.2, -0.15) is 0 Å². The zero-order valence-electron chi connectivity index (χ0n) is 20.2. The third-order valence-corrected chi connectivity index (χ3v) is 6.14. The van der Waals surface area contributed by atoms with Gasteiger partial charge in [-0.25, -0.2) is 4.39 Å². The zero-order valence-corrected chi connectivity index (χ0v) is 20.2. The minimum absolute atomic E-state index is 0.0671. The number of nitrogens with one attached hydrogen (secondary N) is 1. The van der Waals surface area contributed by atoms with E-state index in [-0.39, 0.29) is 24.1 Å². The third-order valence-electron chi connectivity index (χ3n) is 6.14. The summed E-state index contributed by atoms with van der Waals surface area (Å²) in [5, 5.41) is 13.8. The number of fused-ring (bicyclic) bond motifs is 2. The standard InChI is InChI=1S/C29H26FN3O3/c1-29(2,3)32-27(35)26(18-9-11-19(30)12-10-18)33-16-23-25(28(33)36)24(17-7-5-4-6-8-17)21-15-20(34)13-14-22(21)31-23/h4-15,26,34H,16H2,1-3H3,(H,32,35). The second-order valence-corrected chi connectivity index (χ2v) is 10.0. The molecule has 4 aromatic rings. The van der Waals surface area contributed by atoms with Crippen molar-refractivity contribution in [3.63, 3.8) is 0 Å². The van der Waals surface area contributed by atoms with Gasteiger partial charge in [-0.15, -0.1) is 0 Å². The molecule has 2 N–H and O–H groups in total. The molecule has 0 bridgehead atoms. The molecule has 0 fully saturated rings. The number of pyridine rings is 1. The van der Waals surface area contributed by atoms with Gasteiger partial charge in [0.15, 0.2) is 0 Å². The summed E-state index contributed by atoms with van der Waals surface area (Å²) in [4.78, 5) is 33.8. The molecule has 1 atom stereocenters. The number of phenolic OH excluding ortho intramolecular Hbond substituents is 1. The number of amides is 2. The van der Waals surface area contributed by atoms with E-state index in [1.165, 1.54) is 29.2 Å². The quantitative estimate of drug-likeness (QED) is 0.410. The largest absolute Gasteiger partial charge is 0.508 e. The lowest BCUT2D eigenvalue weighted by molar-refractivity contribution is -0.127. The predicted molar refractivity (Wildman–Crippen MR) is 136 cm³/mol. The summed E-state index contributed by atoms with van der Waals surface area (Å²) in [6.45, 7) is 5.70. The first-order valence-corrected chi connectivity index (χ1v) is 11.7. The fourth-order valence-electron chi connectivity index (χ4n) is 4.69. The summed E-state index contributed by atoms with van der Waals surface area (Å²) < 4.78 is 13.7. The van der Waals surface area contributed by atoms with Crippen molar-refractivity contribution in [3.05, 3.63) is 95.4 Å². The lowest BCUT2D eigenvalue weighted by Crippen LogP contribution is -2.48. The van der Waals surface area contributed by atoms with Gasteiger partial charge in [0.25, 0.3) is 5.91 Å². The van der Waals surface area contributed by atoms with Crippen LogP contribution in [0.5, 0.6) is 5.75 Å². The van der Waals surface area contributed by atoms with E-state index in [0.29, 0.717) is 33.3 Å². The number of carbonyl (C=O) groups excluding carboxylic acids is 2. The van der Waals surface area contributed by atoms with Crippen molar-refractivity contribution < 1.29 is 19.1 Å². The summed E-state index contributed by atoms with van der Waals surface area (Å²) in [6.07, 6.45) is 0. The third kappa shape index (κ3) is 4.28. The summed E-state index contributed by atoms with van der Waals surface area (Å²) in [5.74, 6) is -1.07. The molecule has 1 aliphatic heterocycles. The number of phenols is 1. The molecule has 3 aromatic carbocycles. The van der Waals surface area contributed by atoms with Crippen molar-refractivity contribution in [2.24, 2.45) is 0 Å². The molecule has 0 saturated carbocycles. The Bertz CT molecular complexity index is 1480. The summed E-state index contributed by atoms with van der Waals surface area (Å²) in [6, 6.07) is 19.0. The van der Waals surface area contributed by atoms with Gasteiger partial charge < -0.3 is 15.3 Å². The Balaban J connectivity index is 1.69. The Hall–Kier alpha value is -4.26. The molecule has 1 aliphatic rings. The number of aromatic hydroxyl groups is 1. The van der Waals surface area contributed by atoms with Crippen molar-refractivity contribution in [1.29, 1.82) is 0 Å². The van der Waals surface area contributed by atoms with Crippen molar-refractivity contribution in [3.8, 4) is 16.9 Å². The van der Waals surface area contributed by atoms with E-state index in [2.05, 4.69) is 5.32 Å². The first-order valence-electron chi connectivity index (χ1n) is 11.7. The van der Waals surface area contributed by atoms with E-state index in [0.717, 1.165) is 5.56 Å². The van der Waals surface area contributed by atoms with Crippen LogP contribution in [0, 0.1) is 5.82 Å². The molecule has 1 unspecified atom stereocenters. The Morgan fingerprint density at radius 3 is 2.39 bits per heavy atom. The Labute approximate surface area is 208 Å². The minimum atomic E-state index is -0.980. The smallest absolute Gasteiger partial charge is 0.257 e. The maximum absolute atomic E-state index is 14.0. The number of halogens is 1. The number of carbonyl (C=O) groups is 2. The van der Waals surface area contributed by atoms with Gasteiger partial charge in [0, 0.05) is 16.5 Å². The maximum Gasteiger partial charge on any atom is 0.257 e. The van der Waals surface area contributed by atoms with Gasteiger partial charge in [0.05, 0.1) is 23.3 Å². The van der Waals surface area contributed by atoms with Crippen molar-refractivity contribution in [2.75, 3.05) is 0 Å². The van der Waals surface area contributed by atoms with Gasteiger partial charge in [-0.1, -0.05) is 42.5 Å². The van der Waals surface area contributed by atoms with Crippen molar-refractivity contribution in [2.45, 2.75) is 38.9 Å². The average molecular weight is 484 g/mol. The highest BCUT2D eigenvalue weighted by molar-refractivity contribution is 6.12. The lowest BCUT2D eigenvalue weighted by atomic mass is 9.94. The Kier molecular flexibility index (Phi) is 5.71. The molecular weight excluding hydrogens is 457 g/mol. The van der Waals surface area contributed by atoms with E-state index in [1.54, 1.807) is 18.2 Å². The zero-order chi connectivity index (χ0) is 25.6. The van der Waals surface area contributed by atoms with E-state index >= 15 is 0 Å². The molecule has 1 aromatic heterocycles. The monoisotopic (exact) mass is 483 g/mol. The summed E-state index contributed by atoms with van der Waals surface area (Å²) in [5.41, 5.74) is 3.01. The van der Waals surface area contributed by atoms with Crippen LogP contribution < -0.4 is 5.32 Å². The molecule has 0 spiro atoms. The highest BCUT2D eigenvalue weighted by Crippen LogP contribution is 2.41. The molecule has 0 radical (unpaired) electrons. The highest BCUT2D eigenvalue weighted by Gasteiger charge is 2.41. The van der Waals surface area contributed by atoms with Crippen LogP contribution in [0.2, 0.25) is 0 Å². The predicted octanol–water partition coefficient (Wildman–Crippen LogP) is 5.36. The van der Waals surface area contributed by atoms with Gasteiger partial charge in [0.2, 0.25) is 5.91 Å². The van der Waals surface area contributed by atoms with Crippen LogP contribution in [0.3, 0.4) is 0 Å². The molecule has 2 amide bonds. The number of aromatic nitrogens is 1. The molecule has 36 heavy (non-hydrogen) atoms. The second-order valence-electron chi connectivity index (χ2n) is 10.0. The summed E-state index contributed by atoms with van der Waals surface area (Å²) >= 11 is 0. The van der Waals surface area contributed by atoms with Crippen LogP contribution in [-0.2, 0) is 11.3 Å². The number of nitrogens with zero attached hydrogens (tertiary/aromatic N) is 2. The first-order chi connectivity index (χ1) is 17.1. The van der Waals surface area contributed by atoms with E-state index in [4.69, 9.17) is 4.98 Å². The fourth-order valence-corrected chi connectivity index (χ4v) is 4.69. The van der Waals surface area contributed by atoms with Crippen molar-refractivity contribution in [1.82, 2.24) is 15.2 Å². The first kappa shape index (κ1) is 23.5. The van der Waals surface area contributed by atoms with Crippen LogP contribution in [0.15, 0.2) is 72.8 Å². The number of benzene rings is 3. The number of hydrogen-bond acceptors (Lipinski definition) is 4. The summed E-state index contributed by atoms with van der Waals surface area (Å²) in [7, 11) is 0. The lowest BCUT2D eigenvalue weighted by Gasteiger charge is -2.30. The molecule has 2 heterocycles. The molecule has 7 heteroatoms. The van der Waals surface area contributed by atoms with Gasteiger partial charge in [-0.3, -0.25) is 14.6 Å². The van der Waals surface area contributed by atoms with Crippen LogP contribution in [0.25, 0.3) is 22.0 Å². The van der Waals surface area contributed by atoms with Crippen LogP contribution in [0.4, 0.5) is 4.39 Å². The van der Waals surface area contributed by atoms with Gasteiger partial charge >= 0.3 is 0 Å². The highest BCUT2D eigenvalue weighted by atomic mass is 19.1. The normalized spacial score (nSPS) is 14.1. The Morgan fingerprint density at radius 1 is 1.03 bits per heavy atom. The van der Waals surface area contributed by atoms with Gasteiger partial charge in [-0.05, 0) is 62.2 Å².